The summed E-state index contributed by atoms with van der Waals surface area (Å²) in [4.78, 5) is 8.66. The fraction of sp³-hybridized carbons (Fsp3) is 0.429. The standard InChI is InChI=1S/C14H19N3S/c1-3-15-11(2)8-9-18-14-12-6-4-5-7-13(12)16-10-17-14/h4-7,10-11,15H,3,8-9H2,1-2H3. The summed E-state index contributed by atoms with van der Waals surface area (Å²) in [6.07, 6.45) is 2.80. The summed E-state index contributed by atoms with van der Waals surface area (Å²) in [6.45, 7) is 5.39. The smallest absolute Gasteiger partial charge is 0.117 e. The highest BCUT2D eigenvalue weighted by Gasteiger charge is 2.05. The summed E-state index contributed by atoms with van der Waals surface area (Å²) >= 11 is 1.81. The van der Waals surface area contributed by atoms with Crippen LogP contribution in [0.1, 0.15) is 20.3 Å². The summed E-state index contributed by atoms with van der Waals surface area (Å²) in [5.74, 6) is 1.08. The molecular weight excluding hydrogens is 242 g/mol. The molecule has 2 aromatic rings. The molecule has 1 atom stereocenters. The van der Waals surface area contributed by atoms with Crippen LogP contribution in [0.5, 0.6) is 0 Å². The molecule has 96 valence electrons. The van der Waals surface area contributed by atoms with Crippen LogP contribution in [0.2, 0.25) is 0 Å². The van der Waals surface area contributed by atoms with Crippen molar-refractivity contribution in [3.63, 3.8) is 0 Å². The maximum Gasteiger partial charge on any atom is 0.117 e. The second-order valence-electron chi connectivity index (χ2n) is 4.29. The van der Waals surface area contributed by atoms with Crippen LogP contribution < -0.4 is 5.32 Å². The molecule has 1 aromatic carbocycles. The Bertz CT molecular complexity index is 496. The van der Waals surface area contributed by atoms with Crippen molar-refractivity contribution in [2.75, 3.05) is 12.3 Å². The Morgan fingerprint density at radius 1 is 1.28 bits per heavy atom. The molecule has 0 aliphatic rings. The summed E-state index contributed by atoms with van der Waals surface area (Å²) in [6, 6.07) is 8.73. The zero-order valence-electron chi connectivity index (χ0n) is 10.9. The van der Waals surface area contributed by atoms with Gasteiger partial charge < -0.3 is 5.32 Å². The number of rotatable bonds is 6. The predicted octanol–water partition coefficient (Wildman–Crippen LogP) is 3.11. The van der Waals surface area contributed by atoms with E-state index in [9.17, 15) is 0 Å². The van der Waals surface area contributed by atoms with Crippen LogP contribution in [0.3, 0.4) is 0 Å². The highest BCUT2D eigenvalue weighted by molar-refractivity contribution is 7.99. The van der Waals surface area contributed by atoms with E-state index in [1.54, 1.807) is 6.33 Å². The van der Waals surface area contributed by atoms with Gasteiger partial charge in [-0.1, -0.05) is 25.1 Å². The van der Waals surface area contributed by atoms with Crippen molar-refractivity contribution in [3.8, 4) is 0 Å². The first kappa shape index (κ1) is 13.3. The van der Waals surface area contributed by atoms with Crippen molar-refractivity contribution in [2.24, 2.45) is 0 Å². The molecule has 0 fully saturated rings. The molecule has 0 bridgehead atoms. The van der Waals surface area contributed by atoms with Crippen molar-refractivity contribution in [3.05, 3.63) is 30.6 Å². The topological polar surface area (TPSA) is 37.8 Å². The first-order valence-corrected chi connectivity index (χ1v) is 7.35. The van der Waals surface area contributed by atoms with Gasteiger partial charge in [0.1, 0.15) is 11.4 Å². The van der Waals surface area contributed by atoms with Gasteiger partial charge in [0.15, 0.2) is 0 Å². The van der Waals surface area contributed by atoms with Crippen molar-refractivity contribution in [1.29, 1.82) is 0 Å². The van der Waals surface area contributed by atoms with Gasteiger partial charge in [-0.25, -0.2) is 9.97 Å². The van der Waals surface area contributed by atoms with Gasteiger partial charge in [-0.15, -0.1) is 11.8 Å². The highest BCUT2D eigenvalue weighted by atomic mass is 32.2. The Morgan fingerprint density at radius 2 is 2.11 bits per heavy atom. The van der Waals surface area contributed by atoms with Crippen LogP contribution >= 0.6 is 11.8 Å². The molecule has 1 heterocycles. The highest BCUT2D eigenvalue weighted by Crippen LogP contribution is 2.24. The SMILES string of the molecule is CCNC(C)CCSc1ncnc2ccccc12. The van der Waals surface area contributed by atoms with Gasteiger partial charge in [0.05, 0.1) is 5.52 Å². The Hall–Kier alpha value is -1.13. The largest absolute Gasteiger partial charge is 0.315 e. The number of nitrogens with zero attached hydrogens (tertiary/aromatic N) is 2. The molecular formula is C14H19N3S. The number of aromatic nitrogens is 2. The van der Waals surface area contributed by atoms with E-state index >= 15 is 0 Å². The maximum atomic E-state index is 4.38. The van der Waals surface area contributed by atoms with Crippen LogP contribution in [-0.4, -0.2) is 28.3 Å². The van der Waals surface area contributed by atoms with Gasteiger partial charge in [-0.2, -0.15) is 0 Å². The minimum absolute atomic E-state index is 0.565. The molecule has 0 aliphatic heterocycles. The molecule has 0 amide bonds. The molecule has 18 heavy (non-hydrogen) atoms. The van der Waals surface area contributed by atoms with Crippen molar-refractivity contribution in [2.45, 2.75) is 31.3 Å². The molecule has 1 aromatic heterocycles. The van der Waals surface area contributed by atoms with E-state index in [4.69, 9.17) is 0 Å². The second kappa shape index (κ2) is 6.71. The lowest BCUT2D eigenvalue weighted by atomic mass is 10.2. The number of nitrogens with one attached hydrogen (secondary N) is 1. The lowest BCUT2D eigenvalue weighted by Crippen LogP contribution is -2.25. The summed E-state index contributed by atoms with van der Waals surface area (Å²) in [5.41, 5.74) is 1.02. The van der Waals surface area contributed by atoms with Crippen molar-refractivity contribution in [1.82, 2.24) is 15.3 Å². The molecule has 4 heteroatoms. The minimum atomic E-state index is 0.565. The van der Waals surface area contributed by atoms with Crippen molar-refractivity contribution < 1.29 is 0 Å². The fourth-order valence-electron chi connectivity index (χ4n) is 1.88. The first-order chi connectivity index (χ1) is 8.81. The molecule has 1 unspecified atom stereocenters. The zero-order valence-corrected chi connectivity index (χ0v) is 11.7. The Morgan fingerprint density at radius 3 is 2.94 bits per heavy atom. The Balaban J connectivity index is 1.99. The van der Waals surface area contributed by atoms with E-state index in [1.807, 2.05) is 30.0 Å². The van der Waals surface area contributed by atoms with Crippen LogP contribution in [0.25, 0.3) is 10.9 Å². The lowest BCUT2D eigenvalue weighted by molar-refractivity contribution is 0.556. The quantitative estimate of drug-likeness (QED) is 0.640. The summed E-state index contributed by atoms with van der Waals surface area (Å²) < 4.78 is 0. The molecule has 1 N–H and O–H groups in total. The van der Waals surface area contributed by atoms with Crippen LogP contribution in [0.15, 0.2) is 35.6 Å². The number of fused-ring (bicyclic) bond motifs is 1. The molecule has 0 aliphatic carbocycles. The van der Waals surface area contributed by atoms with E-state index in [-0.39, 0.29) is 0 Å². The number of thioether (sulfide) groups is 1. The lowest BCUT2D eigenvalue weighted by Gasteiger charge is -2.11. The van der Waals surface area contributed by atoms with E-state index in [1.165, 1.54) is 0 Å². The predicted molar refractivity (Wildman–Crippen MR) is 78.0 cm³/mol. The summed E-state index contributed by atoms with van der Waals surface area (Å²) in [7, 11) is 0. The van der Waals surface area contributed by atoms with Gasteiger partial charge in [0.2, 0.25) is 0 Å². The number of hydrogen-bond donors (Lipinski definition) is 1. The van der Waals surface area contributed by atoms with Crippen LogP contribution in [0, 0.1) is 0 Å². The van der Waals surface area contributed by atoms with Crippen LogP contribution in [-0.2, 0) is 0 Å². The van der Waals surface area contributed by atoms with Crippen molar-refractivity contribution >= 4 is 22.7 Å². The molecule has 3 nitrogen and oxygen atoms in total. The third-order valence-electron chi connectivity index (χ3n) is 2.85. The number of para-hydroxylation sites is 1. The Labute approximate surface area is 112 Å². The average Bonchev–Trinajstić information content (AvgIpc) is 2.39. The average molecular weight is 261 g/mol. The van der Waals surface area contributed by atoms with E-state index < -0.39 is 0 Å². The van der Waals surface area contributed by atoms with Gasteiger partial charge in [-0.05, 0) is 26.0 Å². The fourth-order valence-corrected chi connectivity index (χ4v) is 2.99. The third-order valence-corrected chi connectivity index (χ3v) is 3.89. The summed E-state index contributed by atoms with van der Waals surface area (Å²) in [5, 5.41) is 5.66. The monoisotopic (exact) mass is 261 g/mol. The van der Waals surface area contributed by atoms with Gasteiger partial charge in [0, 0.05) is 17.2 Å². The van der Waals surface area contributed by atoms with E-state index in [0.29, 0.717) is 6.04 Å². The first-order valence-electron chi connectivity index (χ1n) is 6.37. The molecule has 0 radical (unpaired) electrons. The van der Waals surface area contributed by atoms with Gasteiger partial charge in [-0.3, -0.25) is 0 Å². The molecule has 0 saturated heterocycles. The minimum Gasteiger partial charge on any atom is -0.315 e. The van der Waals surface area contributed by atoms with E-state index in [0.717, 1.165) is 34.6 Å². The third kappa shape index (κ3) is 3.43. The molecule has 2 rings (SSSR count). The normalized spacial score (nSPS) is 12.8. The van der Waals surface area contributed by atoms with E-state index in [2.05, 4.69) is 35.2 Å². The van der Waals surface area contributed by atoms with Gasteiger partial charge >= 0.3 is 0 Å². The van der Waals surface area contributed by atoms with Crippen LogP contribution in [0.4, 0.5) is 0 Å². The zero-order chi connectivity index (χ0) is 12.8. The Kier molecular flexibility index (Phi) is 4.96. The maximum absolute atomic E-state index is 4.38. The molecule has 0 spiro atoms. The number of hydrogen-bond acceptors (Lipinski definition) is 4. The second-order valence-corrected chi connectivity index (χ2v) is 5.38. The molecule has 0 saturated carbocycles. The van der Waals surface area contributed by atoms with Gasteiger partial charge in [0.25, 0.3) is 0 Å². The number of benzene rings is 1.